The normalized spacial score (nSPS) is 24.2. The molecule has 1 saturated heterocycles. The van der Waals surface area contributed by atoms with Crippen LogP contribution in [0.2, 0.25) is 0 Å². The summed E-state index contributed by atoms with van der Waals surface area (Å²) in [4.78, 5) is 15.0. The number of anilines is 1. The Hall–Kier alpha value is -2.97. The average Bonchev–Trinajstić information content (AvgIpc) is 3.55. The van der Waals surface area contributed by atoms with Crippen LogP contribution in [0.25, 0.3) is 0 Å². The van der Waals surface area contributed by atoms with Gasteiger partial charge in [0, 0.05) is 35.2 Å². The van der Waals surface area contributed by atoms with Crippen LogP contribution in [0.3, 0.4) is 0 Å². The third-order valence-electron chi connectivity index (χ3n) is 6.52. The highest BCUT2D eigenvalue weighted by Crippen LogP contribution is 2.48. The van der Waals surface area contributed by atoms with Gasteiger partial charge in [0.25, 0.3) is 0 Å². The number of carbonyl (C=O) groups excluding carboxylic acids is 1. The van der Waals surface area contributed by atoms with E-state index >= 15 is 0 Å². The Bertz CT molecular complexity index is 1020. The summed E-state index contributed by atoms with van der Waals surface area (Å²) in [5.41, 5.74) is 3.98. The number of benzene rings is 2. The van der Waals surface area contributed by atoms with Crippen molar-refractivity contribution in [2.45, 2.75) is 31.3 Å². The van der Waals surface area contributed by atoms with Crippen LogP contribution in [-0.2, 0) is 4.79 Å². The van der Waals surface area contributed by atoms with Crippen LogP contribution in [0.1, 0.15) is 42.0 Å². The lowest BCUT2D eigenvalue weighted by Gasteiger charge is -2.39. The number of hydrogen-bond donors (Lipinski definition) is 2. The summed E-state index contributed by atoms with van der Waals surface area (Å²) < 4.78 is 5.20. The van der Waals surface area contributed by atoms with Gasteiger partial charge in [0.05, 0.1) is 25.8 Å². The predicted octanol–water partition coefficient (Wildman–Crippen LogP) is 3.18. The zero-order chi connectivity index (χ0) is 20.7. The Morgan fingerprint density at radius 3 is 2.57 bits per heavy atom. The summed E-state index contributed by atoms with van der Waals surface area (Å²) in [5.74, 6) is 8.00. The molecule has 0 aromatic heterocycles. The minimum absolute atomic E-state index is 0.0178. The molecule has 5 heteroatoms. The molecule has 0 spiro atoms. The summed E-state index contributed by atoms with van der Waals surface area (Å²) in [6.45, 7) is 0.842. The monoisotopic (exact) mass is 402 g/mol. The van der Waals surface area contributed by atoms with Crippen molar-refractivity contribution >= 4 is 11.6 Å². The molecule has 154 valence electrons. The van der Waals surface area contributed by atoms with Crippen LogP contribution in [0.15, 0.2) is 42.5 Å². The summed E-state index contributed by atoms with van der Waals surface area (Å²) >= 11 is 0. The Morgan fingerprint density at radius 2 is 1.87 bits per heavy atom. The van der Waals surface area contributed by atoms with Gasteiger partial charge in [-0.05, 0) is 67.3 Å². The standard InChI is InChI=1S/C25H26N2O3/c1-30-19-9-4-16(5-10-19)2-3-17-6-11-22-21(14-17)24-20(23(15-28)26-22)12-13-27(24)25(29)18-7-8-18/h4-6,9-11,14,18,20,23-24,26,28H,7-8,12-13,15H2,1H3/t20-,23+,24-/m0/s1. The number of methoxy groups -OCH3 is 1. The molecule has 2 fully saturated rings. The van der Waals surface area contributed by atoms with Crippen LogP contribution < -0.4 is 10.1 Å². The van der Waals surface area contributed by atoms with Crippen molar-refractivity contribution in [2.75, 3.05) is 25.6 Å². The highest BCUT2D eigenvalue weighted by atomic mass is 16.5. The van der Waals surface area contributed by atoms with Crippen molar-refractivity contribution in [3.63, 3.8) is 0 Å². The van der Waals surface area contributed by atoms with Gasteiger partial charge in [0.1, 0.15) is 5.75 Å². The molecule has 2 N–H and O–H groups in total. The number of nitrogens with zero attached hydrogens (tertiary/aromatic N) is 1. The molecule has 3 aliphatic rings. The van der Waals surface area contributed by atoms with Crippen molar-refractivity contribution < 1.29 is 14.6 Å². The second-order valence-electron chi connectivity index (χ2n) is 8.42. The lowest BCUT2D eigenvalue weighted by Crippen LogP contribution is -2.43. The molecule has 2 heterocycles. The van der Waals surface area contributed by atoms with Gasteiger partial charge in [0.15, 0.2) is 0 Å². The molecule has 5 nitrogen and oxygen atoms in total. The van der Waals surface area contributed by atoms with E-state index in [0.29, 0.717) is 0 Å². The predicted molar refractivity (Wildman–Crippen MR) is 115 cm³/mol. The number of likely N-dealkylation sites (tertiary alicyclic amines) is 1. The first kappa shape index (κ1) is 19.0. The number of amides is 1. The molecule has 0 unspecified atom stereocenters. The first-order valence-electron chi connectivity index (χ1n) is 10.7. The molecular weight excluding hydrogens is 376 g/mol. The second-order valence-corrected chi connectivity index (χ2v) is 8.42. The number of aliphatic hydroxyl groups is 1. The molecule has 5 rings (SSSR count). The largest absolute Gasteiger partial charge is 0.497 e. The summed E-state index contributed by atoms with van der Waals surface area (Å²) in [5, 5.41) is 13.4. The van der Waals surface area contributed by atoms with Crippen LogP contribution in [0, 0.1) is 23.7 Å². The maximum Gasteiger partial charge on any atom is 0.226 e. The van der Waals surface area contributed by atoms with Crippen molar-refractivity contribution in [3.05, 3.63) is 59.2 Å². The summed E-state index contributed by atoms with van der Waals surface area (Å²) in [6.07, 6.45) is 2.94. The molecule has 1 saturated carbocycles. The van der Waals surface area contributed by atoms with Crippen LogP contribution >= 0.6 is 0 Å². The van der Waals surface area contributed by atoms with Crippen molar-refractivity contribution in [3.8, 4) is 17.6 Å². The topological polar surface area (TPSA) is 61.8 Å². The van der Waals surface area contributed by atoms with Crippen LogP contribution in [0.4, 0.5) is 5.69 Å². The number of carbonyl (C=O) groups is 1. The smallest absolute Gasteiger partial charge is 0.226 e. The van der Waals surface area contributed by atoms with Gasteiger partial charge in [0.2, 0.25) is 5.91 Å². The summed E-state index contributed by atoms with van der Waals surface area (Å²) in [7, 11) is 1.65. The number of nitrogens with one attached hydrogen (secondary N) is 1. The molecule has 1 amide bonds. The number of hydrogen-bond acceptors (Lipinski definition) is 4. The second kappa shape index (κ2) is 7.70. The van der Waals surface area contributed by atoms with Crippen molar-refractivity contribution in [1.29, 1.82) is 0 Å². The number of aliphatic hydroxyl groups excluding tert-OH is 1. The Labute approximate surface area is 177 Å². The lowest BCUT2D eigenvalue weighted by atomic mass is 9.82. The first-order valence-corrected chi connectivity index (χ1v) is 10.7. The molecule has 2 aromatic carbocycles. The number of ether oxygens (including phenoxy) is 1. The van der Waals surface area contributed by atoms with Gasteiger partial charge >= 0.3 is 0 Å². The molecule has 3 atom stereocenters. The Morgan fingerprint density at radius 1 is 1.13 bits per heavy atom. The van der Waals surface area contributed by atoms with E-state index in [-0.39, 0.29) is 36.4 Å². The molecule has 2 aliphatic heterocycles. The molecule has 0 radical (unpaired) electrons. The van der Waals surface area contributed by atoms with E-state index in [9.17, 15) is 9.90 Å². The van der Waals surface area contributed by atoms with Gasteiger partial charge in [-0.1, -0.05) is 11.8 Å². The maximum absolute atomic E-state index is 12.9. The van der Waals surface area contributed by atoms with Crippen molar-refractivity contribution in [2.24, 2.45) is 11.8 Å². The lowest BCUT2D eigenvalue weighted by molar-refractivity contribution is -0.134. The van der Waals surface area contributed by atoms with E-state index in [2.05, 4.69) is 28.1 Å². The van der Waals surface area contributed by atoms with Crippen LogP contribution in [-0.4, -0.2) is 42.2 Å². The molecule has 1 aliphatic carbocycles. The quantitative estimate of drug-likeness (QED) is 0.774. The van der Waals surface area contributed by atoms with Gasteiger partial charge < -0.3 is 20.1 Å². The first-order chi connectivity index (χ1) is 14.7. The minimum Gasteiger partial charge on any atom is -0.497 e. The van der Waals surface area contributed by atoms with E-state index in [0.717, 1.165) is 53.9 Å². The molecule has 2 aromatic rings. The van der Waals surface area contributed by atoms with E-state index < -0.39 is 0 Å². The fourth-order valence-corrected chi connectivity index (χ4v) is 4.77. The highest BCUT2D eigenvalue weighted by molar-refractivity contribution is 5.82. The highest BCUT2D eigenvalue weighted by Gasteiger charge is 2.48. The third-order valence-corrected chi connectivity index (χ3v) is 6.52. The third kappa shape index (κ3) is 3.42. The fourth-order valence-electron chi connectivity index (χ4n) is 4.77. The zero-order valence-corrected chi connectivity index (χ0v) is 17.1. The van der Waals surface area contributed by atoms with Crippen molar-refractivity contribution in [1.82, 2.24) is 4.90 Å². The molecule has 0 bridgehead atoms. The average molecular weight is 402 g/mol. The maximum atomic E-state index is 12.9. The summed E-state index contributed by atoms with van der Waals surface area (Å²) in [6, 6.07) is 13.8. The number of fused-ring (bicyclic) bond motifs is 3. The van der Waals surface area contributed by atoms with Gasteiger partial charge in [-0.25, -0.2) is 0 Å². The van der Waals surface area contributed by atoms with E-state index in [1.807, 2.05) is 36.4 Å². The fraction of sp³-hybridized carbons (Fsp3) is 0.400. The van der Waals surface area contributed by atoms with E-state index in [1.165, 1.54) is 0 Å². The van der Waals surface area contributed by atoms with E-state index in [4.69, 9.17) is 4.74 Å². The minimum atomic E-state index is -0.0178. The zero-order valence-electron chi connectivity index (χ0n) is 17.1. The SMILES string of the molecule is COc1ccc(C#Cc2ccc3c(c2)[C@@H]2[C@@H](CCN2C(=O)C2CC2)[C@@H](CO)N3)cc1. The van der Waals surface area contributed by atoms with Gasteiger partial charge in [-0.2, -0.15) is 0 Å². The molecule has 30 heavy (non-hydrogen) atoms. The van der Waals surface area contributed by atoms with E-state index in [1.54, 1.807) is 7.11 Å². The molecular formula is C25H26N2O3. The van der Waals surface area contributed by atoms with Gasteiger partial charge in [-0.15, -0.1) is 0 Å². The van der Waals surface area contributed by atoms with Crippen LogP contribution in [0.5, 0.6) is 5.75 Å². The Balaban J connectivity index is 1.47. The number of rotatable bonds is 3. The Kier molecular flexibility index (Phi) is 4.88. The van der Waals surface area contributed by atoms with Gasteiger partial charge in [-0.3, -0.25) is 4.79 Å².